The Bertz CT molecular complexity index is 949. The van der Waals surface area contributed by atoms with E-state index in [2.05, 4.69) is 0 Å². The standard InChI is InChI=1S/C24H31ClF2O6/c1-11-8-12-13-9-14(25)17-18(26)15(28)6-7-21(17,2)23(13,27)16(29)10-22(12,3)24(11,31)19(30)20(32-4)33-5/h6-7,11-14,16,20,29,31H,8-10H2,1-5H3/t11-,12+,13+,14+,16+,21+,22+,23+,24+/m1/s1. The zero-order valence-electron chi connectivity index (χ0n) is 19.4. The number of ketones is 2. The Hall–Kier alpha value is -1.19. The van der Waals surface area contributed by atoms with Crippen molar-refractivity contribution in [3.63, 3.8) is 0 Å². The number of alkyl halides is 2. The zero-order valence-corrected chi connectivity index (χ0v) is 20.2. The topological polar surface area (TPSA) is 93.1 Å². The fraction of sp³-hybridized carbons (Fsp3) is 0.750. The maximum absolute atomic E-state index is 17.2. The number of carbonyl (C=O) groups excluding carboxylic acids is 2. The summed E-state index contributed by atoms with van der Waals surface area (Å²) in [4.78, 5) is 25.4. The molecule has 3 saturated carbocycles. The first-order chi connectivity index (χ1) is 15.3. The molecule has 0 aromatic heterocycles. The summed E-state index contributed by atoms with van der Waals surface area (Å²) in [5.41, 5.74) is -7.29. The van der Waals surface area contributed by atoms with Crippen LogP contribution >= 0.6 is 11.6 Å². The monoisotopic (exact) mass is 488 g/mol. The molecular formula is C24H31ClF2O6. The predicted molar refractivity (Wildman–Crippen MR) is 116 cm³/mol. The number of rotatable bonds is 4. The number of aliphatic hydroxyl groups excluding tert-OH is 1. The molecule has 4 aliphatic carbocycles. The van der Waals surface area contributed by atoms with E-state index >= 15 is 4.39 Å². The molecule has 0 heterocycles. The smallest absolute Gasteiger partial charge is 0.220 e. The van der Waals surface area contributed by atoms with Gasteiger partial charge >= 0.3 is 0 Å². The van der Waals surface area contributed by atoms with Gasteiger partial charge in [0.1, 0.15) is 5.60 Å². The molecule has 9 heteroatoms. The minimum Gasteiger partial charge on any atom is -0.390 e. The van der Waals surface area contributed by atoms with E-state index < -0.39 is 75.0 Å². The van der Waals surface area contributed by atoms with Crippen molar-refractivity contribution < 1.29 is 38.1 Å². The molecule has 3 fully saturated rings. The Labute approximate surface area is 197 Å². The number of carbonyl (C=O) groups is 2. The van der Waals surface area contributed by atoms with Crippen LogP contribution in [0, 0.1) is 28.6 Å². The Kier molecular flexibility index (Phi) is 5.78. The van der Waals surface area contributed by atoms with E-state index in [-0.39, 0.29) is 18.4 Å². The number of methoxy groups -OCH3 is 2. The second kappa shape index (κ2) is 7.65. The molecule has 0 aromatic rings. The molecule has 2 N–H and O–H groups in total. The van der Waals surface area contributed by atoms with Crippen molar-refractivity contribution in [2.75, 3.05) is 14.2 Å². The molecule has 184 valence electrons. The van der Waals surface area contributed by atoms with E-state index in [1.54, 1.807) is 13.8 Å². The summed E-state index contributed by atoms with van der Waals surface area (Å²) >= 11 is 6.57. The normalized spacial score (nSPS) is 49.2. The van der Waals surface area contributed by atoms with Crippen LogP contribution in [0.3, 0.4) is 0 Å². The number of halogens is 3. The SMILES string of the molecule is COC(OC)C(=O)[C@@]1(O)[C@H](C)C[C@H]2[C@@H]3C[C@H](Cl)C4=C(F)C(=O)C=C[C@]4(C)[C@@]3(F)[C@@H](O)C[C@@]21C. The van der Waals surface area contributed by atoms with Crippen molar-refractivity contribution in [1.82, 2.24) is 0 Å². The van der Waals surface area contributed by atoms with Crippen molar-refractivity contribution in [2.24, 2.45) is 28.6 Å². The number of hydrogen-bond donors (Lipinski definition) is 2. The van der Waals surface area contributed by atoms with Gasteiger partial charge in [-0.1, -0.05) is 19.9 Å². The summed E-state index contributed by atoms with van der Waals surface area (Å²) in [5.74, 6) is -4.64. The van der Waals surface area contributed by atoms with Crippen LogP contribution in [0.25, 0.3) is 0 Å². The molecular weight excluding hydrogens is 458 g/mol. The van der Waals surface area contributed by atoms with Gasteiger partial charge < -0.3 is 19.7 Å². The van der Waals surface area contributed by atoms with Gasteiger partial charge in [-0.25, -0.2) is 8.78 Å². The maximum Gasteiger partial charge on any atom is 0.220 e. The van der Waals surface area contributed by atoms with Gasteiger partial charge in [-0.3, -0.25) is 9.59 Å². The number of Topliss-reactive ketones (excluding diaryl/α,β-unsaturated/α-hetero) is 1. The van der Waals surface area contributed by atoms with Crippen molar-refractivity contribution in [2.45, 2.75) is 69.1 Å². The Balaban J connectivity index is 1.86. The molecule has 0 aliphatic heterocycles. The third kappa shape index (κ3) is 2.79. The second-order valence-electron chi connectivity index (χ2n) is 10.5. The maximum atomic E-state index is 17.2. The lowest BCUT2D eigenvalue weighted by Gasteiger charge is -2.63. The minimum absolute atomic E-state index is 0.0379. The van der Waals surface area contributed by atoms with Crippen molar-refractivity contribution in [3.8, 4) is 0 Å². The lowest BCUT2D eigenvalue weighted by Crippen LogP contribution is -2.71. The van der Waals surface area contributed by atoms with E-state index in [9.17, 15) is 24.2 Å². The highest BCUT2D eigenvalue weighted by Crippen LogP contribution is 2.71. The van der Waals surface area contributed by atoms with Crippen LogP contribution < -0.4 is 0 Å². The summed E-state index contributed by atoms with van der Waals surface area (Å²) in [6.45, 7) is 4.85. The van der Waals surface area contributed by atoms with Gasteiger partial charge in [0.25, 0.3) is 0 Å². The largest absolute Gasteiger partial charge is 0.390 e. The summed E-state index contributed by atoms with van der Waals surface area (Å²) in [6.07, 6.45) is -0.643. The predicted octanol–water partition coefficient (Wildman–Crippen LogP) is 3.04. The van der Waals surface area contributed by atoms with Crippen LogP contribution in [-0.2, 0) is 19.1 Å². The molecule has 6 nitrogen and oxygen atoms in total. The number of ether oxygens (including phenoxy) is 2. The van der Waals surface area contributed by atoms with Crippen LogP contribution in [0.15, 0.2) is 23.6 Å². The summed E-state index contributed by atoms with van der Waals surface area (Å²) < 4.78 is 42.3. The summed E-state index contributed by atoms with van der Waals surface area (Å²) in [7, 11) is 2.58. The lowest BCUT2D eigenvalue weighted by molar-refractivity contribution is -0.228. The van der Waals surface area contributed by atoms with Crippen molar-refractivity contribution in [3.05, 3.63) is 23.6 Å². The van der Waals surface area contributed by atoms with Gasteiger partial charge in [-0.2, -0.15) is 0 Å². The van der Waals surface area contributed by atoms with Crippen LogP contribution in [0.4, 0.5) is 8.78 Å². The molecule has 0 spiro atoms. The molecule has 0 unspecified atom stereocenters. The van der Waals surface area contributed by atoms with E-state index in [0.29, 0.717) is 6.42 Å². The van der Waals surface area contributed by atoms with Gasteiger partial charge in [0.2, 0.25) is 17.9 Å². The number of allylic oxidation sites excluding steroid dienone is 4. The number of fused-ring (bicyclic) bond motifs is 5. The average Bonchev–Trinajstić information content (AvgIpc) is 2.95. The third-order valence-electron chi connectivity index (χ3n) is 9.31. The summed E-state index contributed by atoms with van der Waals surface area (Å²) in [6, 6.07) is 0. The molecule has 0 bridgehead atoms. The number of aliphatic hydroxyl groups is 2. The molecule has 33 heavy (non-hydrogen) atoms. The highest BCUT2D eigenvalue weighted by molar-refractivity contribution is 6.23. The van der Waals surface area contributed by atoms with Crippen LogP contribution in [0.1, 0.15) is 40.0 Å². The van der Waals surface area contributed by atoms with Crippen molar-refractivity contribution in [1.29, 1.82) is 0 Å². The van der Waals surface area contributed by atoms with Gasteiger partial charge in [0.15, 0.2) is 11.5 Å². The Morgan fingerprint density at radius 3 is 2.42 bits per heavy atom. The highest BCUT2D eigenvalue weighted by atomic mass is 35.5. The van der Waals surface area contributed by atoms with E-state index in [0.717, 1.165) is 6.08 Å². The molecule has 4 aliphatic rings. The zero-order chi connectivity index (χ0) is 24.7. The quantitative estimate of drug-likeness (QED) is 0.467. The van der Waals surface area contributed by atoms with E-state index in [1.807, 2.05) is 0 Å². The molecule has 0 aromatic carbocycles. The van der Waals surface area contributed by atoms with E-state index in [4.69, 9.17) is 21.1 Å². The first-order valence-electron chi connectivity index (χ1n) is 11.2. The highest BCUT2D eigenvalue weighted by Gasteiger charge is 2.77. The van der Waals surface area contributed by atoms with Crippen LogP contribution in [0.2, 0.25) is 0 Å². The Morgan fingerprint density at radius 2 is 1.85 bits per heavy atom. The minimum atomic E-state index is -2.34. The molecule has 9 atom stereocenters. The third-order valence-corrected chi connectivity index (χ3v) is 9.70. The molecule has 4 rings (SSSR count). The lowest BCUT2D eigenvalue weighted by atomic mass is 9.44. The molecule has 0 radical (unpaired) electrons. The van der Waals surface area contributed by atoms with Gasteiger partial charge in [-0.05, 0) is 44.1 Å². The average molecular weight is 489 g/mol. The van der Waals surface area contributed by atoms with Gasteiger partial charge in [0.05, 0.1) is 11.5 Å². The van der Waals surface area contributed by atoms with Crippen LogP contribution in [0.5, 0.6) is 0 Å². The molecule has 0 amide bonds. The summed E-state index contributed by atoms with van der Waals surface area (Å²) in [5, 5.41) is 22.2. The Morgan fingerprint density at radius 1 is 1.24 bits per heavy atom. The fourth-order valence-electron chi connectivity index (χ4n) is 7.65. The first-order valence-corrected chi connectivity index (χ1v) is 11.7. The fourth-order valence-corrected chi connectivity index (χ4v) is 8.16. The second-order valence-corrected chi connectivity index (χ2v) is 11.0. The van der Waals surface area contributed by atoms with Crippen LogP contribution in [-0.4, -0.2) is 65.0 Å². The van der Waals surface area contributed by atoms with Crippen molar-refractivity contribution >= 4 is 23.2 Å². The van der Waals surface area contributed by atoms with Gasteiger partial charge in [0, 0.05) is 36.5 Å². The first kappa shape index (κ1) is 24.9. The molecule has 0 saturated heterocycles. The number of hydrogen-bond acceptors (Lipinski definition) is 6. The van der Waals surface area contributed by atoms with Gasteiger partial charge in [-0.15, -0.1) is 11.6 Å². The van der Waals surface area contributed by atoms with E-state index in [1.165, 1.54) is 27.2 Å².